The van der Waals surface area contributed by atoms with E-state index in [1.165, 1.54) is 0 Å². The number of aliphatic hydroxyl groups is 1. The Morgan fingerprint density at radius 3 is 2.71 bits per heavy atom. The molecule has 1 aromatic carbocycles. The van der Waals surface area contributed by atoms with Crippen LogP contribution in [0.25, 0.3) is 5.82 Å². The summed E-state index contributed by atoms with van der Waals surface area (Å²) < 4.78 is 45.7. The molecule has 0 spiro atoms. The molecule has 2 bridgehead atoms. The Hall–Kier alpha value is -3.11. The van der Waals surface area contributed by atoms with Crippen LogP contribution in [0.2, 0.25) is 5.02 Å². The number of aromatic nitrogens is 3. The maximum absolute atomic E-state index is 12.9. The molecule has 7 nitrogen and oxygen atoms in total. The fraction of sp³-hybridized carbons (Fsp3) is 0.375. The predicted octanol–water partition coefficient (Wildman–Crippen LogP) is 4.11. The first-order chi connectivity index (χ1) is 16.6. The van der Waals surface area contributed by atoms with E-state index in [1.807, 2.05) is 6.07 Å². The van der Waals surface area contributed by atoms with E-state index in [1.54, 1.807) is 30.5 Å². The molecule has 1 aliphatic heterocycles. The highest BCUT2D eigenvalue weighted by Gasteiger charge is 2.69. The van der Waals surface area contributed by atoms with Gasteiger partial charge in [-0.3, -0.25) is 4.79 Å². The molecule has 0 radical (unpaired) electrons. The molecule has 4 aliphatic rings. The monoisotopic (exact) mass is 504 g/mol. The van der Waals surface area contributed by atoms with Gasteiger partial charge in [0, 0.05) is 40.4 Å². The van der Waals surface area contributed by atoms with E-state index >= 15 is 0 Å². The number of alkyl halides is 3. The number of pyridine rings is 1. The Labute approximate surface area is 202 Å². The second kappa shape index (κ2) is 7.44. The second-order valence-electron chi connectivity index (χ2n) is 9.69. The minimum Gasteiger partial charge on any atom is -0.480 e. The van der Waals surface area contributed by atoms with Crippen LogP contribution in [-0.4, -0.2) is 37.4 Å². The van der Waals surface area contributed by atoms with Crippen molar-refractivity contribution in [1.29, 1.82) is 0 Å². The van der Waals surface area contributed by atoms with E-state index < -0.39 is 23.9 Å². The number of fused-ring (bicyclic) bond motifs is 1. The van der Waals surface area contributed by atoms with Crippen molar-refractivity contribution in [2.75, 3.05) is 0 Å². The second-order valence-corrected chi connectivity index (χ2v) is 10.1. The van der Waals surface area contributed by atoms with Gasteiger partial charge in [-0.2, -0.15) is 18.3 Å². The highest BCUT2D eigenvalue weighted by Crippen LogP contribution is 2.67. The molecule has 2 N–H and O–H groups in total. The Morgan fingerprint density at radius 1 is 1.23 bits per heavy atom. The van der Waals surface area contributed by atoms with Gasteiger partial charge in [-0.25, -0.2) is 9.67 Å². The molecule has 0 saturated heterocycles. The van der Waals surface area contributed by atoms with Gasteiger partial charge in [-0.15, -0.1) is 0 Å². The molecule has 182 valence electrons. The third kappa shape index (κ3) is 3.66. The van der Waals surface area contributed by atoms with Crippen LogP contribution < -0.4 is 10.1 Å². The minimum atomic E-state index is -4.47. The average Bonchev–Trinajstić information content (AvgIpc) is 3.26. The summed E-state index contributed by atoms with van der Waals surface area (Å²) in [5.41, 5.74) is 0.195. The third-order valence-electron chi connectivity index (χ3n) is 7.25. The number of nitrogens with zero attached hydrogens (tertiary/aromatic N) is 3. The van der Waals surface area contributed by atoms with Crippen molar-refractivity contribution in [3.05, 3.63) is 70.6 Å². The first-order valence-corrected chi connectivity index (χ1v) is 11.5. The number of hydrogen-bond acceptors (Lipinski definition) is 5. The summed E-state index contributed by atoms with van der Waals surface area (Å²) in [4.78, 5) is 17.1. The average molecular weight is 505 g/mol. The smallest absolute Gasteiger partial charge is 0.419 e. The number of amides is 1. The van der Waals surface area contributed by atoms with Gasteiger partial charge >= 0.3 is 6.18 Å². The van der Waals surface area contributed by atoms with Gasteiger partial charge in [0.15, 0.2) is 11.9 Å². The van der Waals surface area contributed by atoms with Gasteiger partial charge in [0.25, 0.3) is 5.91 Å². The van der Waals surface area contributed by atoms with Crippen molar-refractivity contribution in [3.63, 3.8) is 0 Å². The number of aliphatic hydroxyl groups excluding tert-OH is 1. The lowest BCUT2D eigenvalue weighted by Crippen LogP contribution is -2.77. The van der Waals surface area contributed by atoms with Gasteiger partial charge in [0.05, 0.1) is 17.9 Å². The molecule has 3 aliphatic carbocycles. The zero-order valence-corrected chi connectivity index (χ0v) is 19.0. The molecule has 3 aromatic rings. The zero-order valence-electron chi connectivity index (χ0n) is 18.2. The highest BCUT2D eigenvalue weighted by atomic mass is 35.5. The van der Waals surface area contributed by atoms with Gasteiger partial charge in [0.1, 0.15) is 5.75 Å². The molecule has 11 heteroatoms. The lowest BCUT2D eigenvalue weighted by molar-refractivity contribution is -0.146. The quantitative estimate of drug-likeness (QED) is 0.558. The van der Waals surface area contributed by atoms with Crippen LogP contribution in [0.1, 0.15) is 48.5 Å². The van der Waals surface area contributed by atoms with Gasteiger partial charge < -0.3 is 15.2 Å². The van der Waals surface area contributed by atoms with Crippen LogP contribution in [-0.2, 0) is 16.4 Å². The van der Waals surface area contributed by atoms with Crippen LogP contribution in [0.3, 0.4) is 0 Å². The molecule has 3 saturated carbocycles. The lowest BCUT2D eigenvalue weighted by Gasteiger charge is -2.71. The summed E-state index contributed by atoms with van der Waals surface area (Å²) in [5, 5.41) is 17.8. The minimum absolute atomic E-state index is 0.137. The van der Waals surface area contributed by atoms with Crippen LogP contribution >= 0.6 is 11.6 Å². The van der Waals surface area contributed by atoms with E-state index in [9.17, 15) is 23.1 Å². The number of carbonyl (C=O) groups excluding carboxylic acids is 1. The SMILES string of the molecule is O=C(NC12CC(c3ccnc(-n4cc(C(F)(F)F)cn4)c3)(C1)C2)[C@H]1C[C@@H](O)c2cc(Cl)ccc2O1. The Balaban J connectivity index is 1.12. The van der Waals surface area contributed by atoms with E-state index in [0.29, 0.717) is 41.4 Å². The van der Waals surface area contributed by atoms with Gasteiger partial charge in [-0.05, 0) is 55.2 Å². The summed E-state index contributed by atoms with van der Waals surface area (Å²) in [7, 11) is 0. The largest absolute Gasteiger partial charge is 0.480 e. The summed E-state index contributed by atoms with van der Waals surface area (Å²) in [6.07, 6.45) is -0.596. The van der Waals surface area contributed by atoms with Gasteiger partial charge in [0.2, 0.25) is 0 Å². The third-order valence-corrected chi connectivity index (χ3v) is 7.49. The zero-order chi connectivity index (χ0) is 24.6. The number of nitrogens with one attached hydrogen (secondary N) is 1. The van der Waals surface area contributed by atoms with Gasteiger partial charge in [-0.1, -0.05) is 11.6 Å². The number of rotatable bonds is 4. The molecule has 1 amide bonds. The van der Waals surface area contributed by atoms with Crippen LogP contribution in [0.15, 0.2) is 48.9 Å². The summed E-state index contributed by atoms with van der Waals surface area (Å²) in [5.74, 6) is 0.479. The first kappa shape index (κ1) is 22.4. The Morgan fingerprint density at radius 2 is 2.00 bits per heavy atom. The number of ether oxygens (including phenoxy) is 1. The van der Waals surface area contributed by atoms with Crippen molar-refractivity contribution in [2.45, 2.75) is 55.0 Å². The van der Waals surface area contributed by atoms with E-state index in [0.717, 1.165) is 22.6 Å². The fourth-order valence-electron chi connectivity index (χ4n) is 5.62. The van der Waals surface area contributed by atoms with Crippen molar-refractivity contribution < 1.29 is 27.8 Å². The van der Waals surface area contributed by atoms with E-state index in [2.05, 4.69) is 15.4 Å². The lowest BCUT2D eigenvalue weighted by atomic mass is 9.37. The van der Waals surface area contributed by atoms with Crippen molar-refractivity contribution in [2.24, 2.45) is 0 Å². The summed E-state index contributed by atoms with van der Waals surface area (Å²) >= 11 is 5.99. The summed E-state index contributed by atoms with van der Waals surface area (Å²) in [6, 6.07) is 8.53. The number of hydrogen-bond donors (Lipinski definition) is 2. The van der Waals surface area contributed by atoms with Crippen LogP contribution in [0, 0.1) is 0 Å². The molecule has 7 rings (SSSR count). The molecule has 3 fully saturated rings. The molecular formula is C24H20ClF3N4O3. The van der Waals surface area contributed by atoms with E-state index in [-0.39, 0.29) is 23.3 Å². The number of benzene rings is 1. The normalized spacial score (nSPS) is 28.8. The van der Waals surface area contributed by atoms with Crippen molar-refractivity contribution >= 4 is 17.5 Å². The number of halogens is 4. The molecule has 0 unspecified atom stereocenters. The molecule has 2 aromatic heterocycles. The fourth-order valence-corrected chi connectivity index (χ4v) is 5.80. The Bertz CT molecular complexity index is 1320. The molecule has 3 heterocycles. The van der Waals surface area contributed by atoms with Crippen molar-refractivity contribution in [1.82, 2.24) is 20.1 Å². The molecular weight excluding hydrogens is 485 g/mol. The maximum Gasteiger partial charge on any atom is 0.419 e. The maximum atomic E-state index is 12.9. The van der Waals surface area contributed by atoms with Crippen LogP contribution in [0.5, 0.6) is 5.75 Å². The van der Waals surface area contributed by atoms with Crippen LogP contribution in [0.4, 0.5) is 13.2 Å². The first-order valence-electron chi connectivity index (χ1n) is 11.1. The topological polar surface area (TPSA) is 89.3 Å². The van der Waals surface area contributed by atoms with Crippen molar-refractivity contribution in [3.8, 4) is 11.6 Å². The highest BCUT2D eigenvalue weighted by molar-refractivity contribution is 6.30. The van der Waals surface area contributed by atoms with E-state index in [4.69, 9.17) is 16.3 Å². The predicted molar refractivity (Wildman–Crippen MR) is 118 cm³/mol. The molecule has 35 heavy (non-hydrogen) atoms. The molecule has 2 atom stereocenters. The standard InChI is InChI=1S/C24H20ClF3N4O3/c25-15-1-2-18-16(6-15)17(33)7-19(35-18)21(34)31-23-10-22(11-23,12-23)13-3-4-29-20(5-13)32-9-14(8-30-32)24(26,27)28/h1-6,8-9,17,19,33H,7,10-12H2,(H,31,34)/t17-,19-,22?,23?/m1/s1. The summed E-state index contributed by atoms with van der Waals surface area (Å²) in [6.45, 7) is 0. The Kier molecular flexibility index (Phi) is 4.76. The number of carbonyl (C=O) groups is 1.